The maximum absolute atomic E-state index is 12.0. The summed E-state index contributed by atoms with van der Waals surface area (Å²) in [5.74, 6) is -0.815. The lowest BCUT2D eigenvalue weighted by atomic mass is 10.1. The fraction of sp³-hybridized carbons (Fsp3) is 0.733. The largest absolute Gasteiger partial charge is 0.460 e. The molecule has 0 radical (unpaired) electrons. The van der Waals surface area contributed by atoms with Crippen molar-refractivity contribution >= 4 is 11.9 Å². The van der Waals surface area contributed by atoms with Crippen molar-refractivity contribution in [3.05, 3.63) is 12.7 Å². The minimum absolute atomic E-state index is 0.116. The van der Waals surface area contributed by atoms with Crippen LogP contribution in [0.25, 0.3) is 0 Å². The van der Waals surface area contributed by atoms with Gasteiger partial charge in [-0.15, -0.1) is 0 Å². The minimum atomic E-state index is -0.695. The van der Waals surface area contributed by atoms with Gasteiger partial charge in [0.1, 0.15) is 12.6 Å². The zero-order valence-corrected chi connectivity index (χ0v) is 13.3. The van der Waals surface area contributed by atoms with Gasteiger partial charge in [-0.2, -0.15) is 0 Å². The van der Waals surface area contributed by atoms with Gasteiger partial charge < -0.3 is 27.3 Å². The molecule has 7 N–H and O–H groups in total. The Labute approximate surface area is 132 Å². The fourth-order valence-corrected chi connectivity index (χ4v) is 1.90. The Bertz CT molecular complexity index is 337. The number of nitrogens with two attached hydrogens (primary N) is 3. The molecule has 0 unspecified atom stereocenters. The molecule has 7 heteroatoms. The van der Waals surface area contributed by atoms with Gasteiger partial charge in [-0.1, -0.05) is 19.1 Å². The van der Waals surface area contributed by atoms with Gasteiger partial charge in [0, 0.05) is 0 Å². The lowest BCUT2D eigenvalue weighted by Crippen LogP contribution is -2.49. The Morgan fingerprint density at radius 1 is 1.09 bits per heavy atom. The normalized spacial score (nSPS) is 13.2. The van der Waals surface area contributed by atoms with Crippen LogP contribution in [-0.2, 0) is 14.3 Å². The first kappa shape index (κ1) is 20.6. The Morgan fingerprint density at radius 3 is 2.23 bits per heavy atom. The lowest BCUT2D eigenvalue weighted by molar-refractivity contribution is -0.147. The number of esters is 1. The maximum atomic E-state index is 12.0. The summed E-state index contributed by atoms with van der Waals surface area (Å²) in [6, 6.07) is -1.34. The number of carbonyl (C=O) groups is 2. The third-order valence-electron chi connectivity index (χ3n) is 3.20. The van der Waals surface area contributed by atoms with E-state index in [9.17, 15) is 9.59 Å². The molecule has 2 atom stereocenters. The topological polar surface area (TPSA) is 133 Å². The monoisotopic (exact) mass is 314 g/mol. The third-order valence-corrected chi connectivity index (χ3v) is 3.20. The molecular formula is C15H30N4O3. The minimum Gasteiger partial charge on any atom is -0.460 e. The molecule has 0 aliphatic carbocycles. The highest BCUT2D eigenvalue weighted by Crippen LogP contribution is 2.05. The third kappa shape index (κ3) is 9.49. The molecule has 0 saturated heterocycles. The molecule has 0 aliphatic rings. The molecule has 0 aromatic carbocycles. The summed E-state index contributed by atoms with van der Waals surface area (Å²) >= 11 is 0. The van der Waals surface area contributed by atoms with Gasteiger partial charge in [-0.3, -0.25) is 4.79 Å². The van der Waals surface area contributed by atoms with E-state index in [0.717, 1.165) is 25.7 Å². The Morgan fingerprint density at radius 2 is 1.68 bits per heavy atom. The van der Waals surface area contributed by atoms with Crippen LogP contribution >= 0.6 is 0 Å². The number of hydrogen-bond acceptors (Lipinski definition) is 6. The van der Waals surface area contributed by atoms with Gasteiger partial charge in [-0.25, -0.2) is 4.79 Å². The summed E-state index contributed by atoms with van der Waals surface area (Å²) in [6.45, 7) is 4.72. The molecule has 0 fully saturated rings. The highest BCUT2D eigenvalue weighted by atomic mass is 16.5. The molecule has 22 heavy (non-hydrogen) atoms. The van der Waals surface area contributed by atoms with Crippen molar-refractivity contribution in [2.75, 3.05) is 19.7 Å². The average molecular weight is 314 g/mol. The van der Waals surface area contributed by atoms with Crippen LogP contribution in [0.5, 0.6) is 0 Å². The number of unbranched alkanes of at least 4 members (excludes halogenated alkanes) is 2. The molecular weight excluding hydrogens is 284 g/mol. The van der Waals surface area contributed by atoms with Crippen molar-refractivity contribution in [1.29, 1.82) is 0 Å². The Hall–Kier alpha value is -1.44. The molecule has 0 spiro atoms. The predicted octanol–water partition coefficient (Wildman–Crippen LogP) is -0.214. The molecule has 0 rings (SSSR count). The highest BCUT2D eigenvalue weighted by molar-refractivity contribution is 5.87. The van der Waals surface area contributed by atoms with E-state index in [0.29, 0.717) is 25.9 Å². The lowest BCUT2D eigenvalue weighted by Gasteiger charge is -2.19. The average Bonchev–Trinajstić information content (AvgIpc) is 2.51. The molecule has 1 amide bonds. The molecule has 0 aromatic rings. The molecule has 0 heterocycles. The van der Waals surface area contributed by atoms with Crippen LogP contribution in [-0.4, -0.2) is 43.7 Å². The van der Waals surface area contributed by atoms with E-state index in [1.165, 1.54) is 6.08 Å². The second-order valence-electron chi connectivity index (χ2n) is 5.16. The van der Waals surface area contributed by atoms with Crippen LogP contribution in [0.2, 0.25) is 0 Å². The van der Waals surface area contributed by atoms with Crippen molar-refractivity contribution in [3.63, 3.8) is 0 Å². The number of ether oxygens (including phenoxy) is 1. The van der Waals surface area contributed by atoms with Gasteiger partial charge in [0.2, 0.25) is 5.91 Å². The summed E-state index contributed by atoms with van der Waals surface area (Å²) < 4.78 is 5.00. The summed E-state index contributed by atoms with van der Waals surface area (Å²) in [7, 11) is 0. The molecule has 0 aromatic heterocycles. The van der Waals surface area contributed by atoms with Crippen LogP contribution in [0.15, 0.2) is 12.7 Å². The zero-order valence-electron chi connectivity index (χ0n) is 13.3. The van der Waals surface area contributed by atoms with E-state index >= 15 is 0 Å². The molecule has 0 aliphatic heterocycles. The van der Waals surface area contributed by atoms with Crippen LogP contribution in [0.1, 0.15) is 38.5 Å². The second kappa shape index (κ2) is 13.2. The molecule has 0 bridgehead atoms. The number of amides is 1. The number of rotatable bonds is 13. The summed E-state index contributed by atoms with van der Waals surface area (Å²) in [4.78, 5) is 24.0. The standard InChI is InChI=1S/C15H30N4O3/c1-2-11-22-15(21)13(8-4-6-10-17)19-14(20)12(18)7-3-5-9-16/h2,12-13H,1,3-11,16-18H2,(H,19,20)/t12-,13-/m0/s1. The first-order valence-corrected chi connectivity index (χ1v) is 7.80. The fourth-order valence-electron chi connectivity index (χ4n) is 1.90. The van der Waals surface area contributed by atoms with E-state index in [1.54, 1.807) is 0 Å². The number of hydrogen-bond donors (Lipinski definition) is 4. The van der Waals surface area contributed by atoms with Crippen LogP contribution in [0.4, 0.5) is 0 Å². The maximum Gasteiger partial charge on any atom is 0.328 e. The second-order valence-corrected chi connectivity index (χ2v) is 5.16. The van der Waals surface area contributed by atoms with Crippen molar-refractivity contribution in [2.24, 2.45) is 17.2 Å². The number of nitrogens with one attached hydrogen (secondary N) is 1. The van der Waals surface area contributed by atoms with Gasteiger partial charge >= 0.3 is 5.97 Å². The van der Waals surface area contributed by atoms with Gasteiger partial charge in [-0.05, 0) is 45.2 Å². The van der Waals surface area contributed by atoms with E-state index in [4.69, 9.17) is 21.9 Å². The van der Waals surface area contributed by atoms with Crippen molar-refractivity contribution in [2.45, 2.75) is 50.6 Å². The summed E-state index contributed by atoms with van der Waals surface area (Å²) in [5.41, 5.74) is 16.7. The summed E-state index contributed by atoms with van der Waals surface area (Å²) in [5, 5.41) is 2.67. The van der Waals surface area contributed by atoms with Crippen LogP contribution < -0.4 is 22.5 Å². The first-order valence-electron chi connectivity index (χ1n) is 7.80. The quantitative estimate of drug-likeness (QED) is 0.211. The number of carbonyl (C=O) groups excluding carboxylic acids is 2. The Kier molecular flexibility index (Phi) is 12.4. The van der Waals surface area contributed by atoms with E-state index < -0.39 is 18.1 Å². The summed E-state index contributed by atoms with van der Waals surface area (Å²) in [6.07, 6.45) is 5.62. The van der Waals surface area contributed by atoms with E-state index in [1.807, 2.05) is 0 Å². The zero-order chi connectivity index (χ0) is 16.8. The smallest absolute Gasteiger partial charge is 0.328 e. The van der Waals surface area contributed by atoms with Crippen LogP contribution in [0, 0.1) is 0 Å². The highest BCUT2D eigenvalue weighted by Gasteiger charge is 2.24. The van der Waals surface area contributed by atoms with Crippen molar-refractivity contribution in [3.8, 4) is 0 Å². The predicted molar refractivity (Wildman–Crippen MR) is 86.9 cm³/mol. The first-order chi connectivity index (χ1) is 10.6. The van der Waals surface area contributed by atoms with Gasteiger partial charge in [0.15, 0.2) is 0 Å². The Balaban J connectivity index is 4.42. The molecule has 7 nitrogen and oxygen atoms in total. The molecule has 128 valence electrons. The van der Waals surface area contributed by atoms with Crippen molar-refractivity contribution in [1.82, 2.24) is 5.32 Å². The SMILES string of the molecule is C=CCOC(=O)[C@H](CCCCN)NC(=O)[C@@H](N)CCCCN. The molecule has 0 saturated carbocycles. The van der Waals surface area contributed by atoms with Gasteiger partial charge in [0.25, 0.3) is 0 Å². The van der Waals surface area contributed by atoms with Crippen molar-refractivity contribution < 1.29 is 14.3 Å². The van der Waals surface area contributed by atoms with Crippen LogP contribution in [0.3, 0.4) is 0 Å². The van der Waals surface area contributed by atoms with E-state index in [-0.39, 0.29) is 12.5 Å². The van der Waals surface area contributed by atoms with E-state index in [2.05, 4.69) is 11.9 Å². The van der Waals surface area contributed by atoms with Gasteiger partial charge in [0.05, 0.1) is 6.04 Å².